The fourth-order valence-corrected chi connectivity index (χ4v) is 1.64. The Morgan fingerprint density at radius 2 is 2.38 bits per heavy atom. The fraction of sp³-hybridized carbons (Fsp3) is 0.250. The first-order chi connectivity index (χ1) is 6.29. The van der Waals surface area contributed by atoms with Crippen LogP contribution in [0.4, 0.5) is 5.13 Å². The van der Waals surface area contributed by atoms with Crippen LogP contribution in [0.25, 0.3) is 11.4 Å². The van der Waals surface area contributed by atoms with Crippen LogP contribution in [-0.2, 0) is 6.54 Å². The molecule has 68 valence electrons. The van der Waals surface area contributed by atoms with Gasteiger partial charge >= 0.3 is 0 Å². The molecular formula is C8H10N4S. The summed E-state index contributed by atoms with van der Waals surface area (Å²) in [6, 6.07) is 1.94. The van der Waals surface area contributed by atoms with Crippen molar-refractivity contribution in [2.45, 2.75) is 13.5 Å². The van der Waals surface area contributed by atoms with E-state index in [1.54, 1.807) is 0 Å². The first-order valence-electron chi connectivity index (χ1n) is 4.04. The Morgan fingerprint density at radius 3 is 2.92 bits per heavy atom. The molecular weight excluding hydrogens is 184 g/mol. The number of rotatable bonds is 2. The molecule has 0 atom stereocenters. The van der Waals surface area contributed by atoms with Gasteiger partial charge in [0.15, 0.2) is 5.13 Å². The van der Waals surface area contributed by atoms with E-state index in [2.05, 4.69) is 10.1 Å². The summed E-state index contributed by atoms with van der Waals surface area (Å²) in [5.41, 5.74) is 7.27. The summed E-state index contributed by atoms with van der Waals surface area (Å²) in [7, 11) is 0. The molecule has 0 aliphatic rings. The van der Waals surface area contributed by atoms with Crippen LogP contribution in [0.3, 0.4) is 0 Å². The van der Waals surface area contributed by atoms with E-state index in [0.717, 1.165) is 17.9 Å². The summed E-state index contributed by atoms with van der Waals surface area (Å²) in [6.07, 6.45) is 1.94. The lowest BCUT2D eigenvalue weighted by molar-refractivity contribution is 0.662. The highest BCUT2D eigenvalue weighted by Crippen LogP contribution is 2.20. The lowest BCUT2D eigenvalue weighted by atomic mass is 10.3. The number of thiazole rings is 1. The van der Waals surface area contributed by atoms with Gasteiger partial charge in [-0.3, -0.25) is 4.68 Å². The van der Waals surface area contributed by atoms with Gasteiger partial charge < -0.3 is 5.73 Å². The number of nitrogen functional groups attached to an aromatic ring is 1. The molecule has 0 aromatic carbocycles. The molecule has 0 bridgehead atoms. The molecule has 4 nitrogen and oxygen atoms in total. The van der Waals surface area contributed by atoms with E-state index < -0.39 is 0 Å². The van der Waals surface area contributed by atoms with Gasteiger partial charge in [-0.1, -0.05) is 0 Å². The van der Waals surface area contributed by atoms with Crippen LogP contribution in [0.5, 0.6) is 0 Å². The minimum atomic E-state index is 0.584. The molecule has 13 heavy (non-hydrogen) atoms. The number of hydrogen-bond acceptors (Lipinski definition) is 4. The molecule has 2 rings (SSSR count). The zero-order chi connectivity index (χ0) is 9.26. The van der Waals surface area contributed by atoms with Crippen molar-refractivity contribution >= 4 is 16.5 Å². The van der Waals surface area contributed by atoms with Gasteiger partial charge in [0, 0.05) is 18.1 Å². The number of hydrogen-bond donors (Lipinski definition) is 1. The molecule has 0 unspecified atom stereocenters. The number of anilines is 1. The highest BCUT2D eigenvalue weighted by Gasteiger charge is 2.04. The van der Waals surface area contributed by atoms with E-state index >= 15 is 0 Å². The number of aryl methyl sites for hydroxylation is 1. The standard InChI is InChI=1S/C8H10N4S/c1-2-12-4-3-6(11-12)7-5-13-8(9)10-7/h3-5H,2H2,1H3,(H2,9,10). The zero-order valence-corrected chi connectivity index (χ0v) is 8.08. The van der Waals surface area contributed by atoms with Crippen LogP contribution < -0.4 is 5.73 Å². The quantitative estimate of drug-likeness (QED) is 0.790. The third kappa shape index (κ3) is 1.55. The van der Waals surface area contributed by atoms with Crippen molar-refractivity contribution in [3.05, 3.63) is 17.6 Å². The molecule has 0 saturated heterocycles. The van der Waals surface area contributed by atoms with Crippen LogP contribution in [0.2, 0.25) is 0 Å². The van der Waals surface area contributed by atoms with Gasteiger partial charge in [0.2, 0.25) is 0 Å². The maximum absolute atomic E-state index is 5.53. The maximum atomic E-state index is 5.53. The third-order valence-corrected chi connectivity index (χ3v) is 2.42. The van der Waals surface area contributed by atoms with E-state index in [1.165, 1.54) is 11.3 Å². The molecule has 0 spiro atoms. The van der Waals surface area contributed by atoms with E-state index in [1.807, 2.05) is 29.2 Å². The Bertz CT molecular complexity index is 404. The average Bonchev–Trinajstić information content (AvgIpc) is 2.71. The van der Waals surface area contributed by atoms with Crippen LogP contribution in [0.15, 0.2) is 17.6 Å². The summed E-state index contributed by atoms with van der Waals surface area (Å²) < 4.78 is 1.87. The lowest BCUT2D eigenvalue weighted by Crippen LogP contribution is -1.94. The van der Waals surface area contributed by atoms with Crippen LogP contribution >= 0.6 is 11.3 Å². The second-order valence-electron chi connectivity index (χ2n) is 2.63. The molecule has 2 heterocycles. The predicted octanol–water partition coefficient (Wildman–Crippen LogP) is 1.61. The van der Waals surface area contributed by atoms with Gasteiger partial charge in [-0.15, -0.1) is 11.3 Å². The average molecular weight is 194 g/mol. The SMILES string of the molecule is CCn1ccc(-c2csc(N)n2)n1. The molecule has 0 fully saturated rings. The lowest BCUT2D eigenvalue weighted by Gasteiger charge is -1.91. The van der Waals surface area contributed by atoms with Crippen molar-refractivity contribution in [2.75, 3.05) is 5.73 Å². The van der Waals surface area contributed by atoms with Gasteiger partial charge in [-0.2, -0.15) is 5.10 Å². The fourth-order valence-electron chi connectivity index (χ4n) is 1.08. The molecule has 0 aliphatic heterocycles. The smallest absolute Gasteiger partial charge is 0.180 e. The molecule has 0 saturated carbocycles. The maximum Gasteiger partial charge on any atom is 0.180 e. The van der Waals surface area contributed by atoms with Crippen molar-refractivity contribution in [3.63, 3.8) is 0 Å². The van der Waals surface area contributed by atoms with E-state index in [0.29, 0.717) is 5.13 Å². The Kier molecular flexibility index (Phi) is 2.02. The minimum absolute atomic E-state index is 0.584. The molecule has 5 heteroatoms. The molecule has 0 radical (unpaired) electrons. The topological polar surface area (TPSA) is 56.7 Å². The van der Waals surface area contributed by atoms with Gasteiger partial charge in [0.05, 0.1) is 0 Å². The Hall–Kier alpha value is -1.36. The third-order valence-electron chi connectivity index (χ3n) is 1.75. The Labute approximate surface area is 80.0 Å². The highest BCUT2D eigenvalue weighted by molar-refractivity contribution is 7.13. The number of nitrogens with two attached hydrogens (primary N) is 1. The van der Waals surface area contributed by atoms with Crippen molar-refractivity contribution in [2.24, 2.45) is 0 Å². The van der Waals surface area contributed by atoms with Crippen molar-refractivity contribution in [3.8, 4) is 11.4 Å². The summed E-state index contributed by atoms with van der Waals surface area (Å²) in [5, 5.41) is 6.82. The molecule has 0 amide bonds. The second kappa shape index (κ2) is 3.18. The van der Waals surface area contributed by atoms with Crippen molar-refractivity contribution < 1.29 is 0 Å². The summed E-state index contributed by atoms with van der Waals surface area (Å²) in [5.74, 6) is 0. The monoisotopic (exact) mass is 194 g/mol. The molecule has 0 aliphatic carbocycles. The highest BCUT2D eigenvalue weighted by atomic mass is 32.1. The van der Waals surface area contributed by atoms with Crippen LogP contribution in [0.1, 0.15) is 6.92 Å². The van der Waals surface area contributed by atoms with Crippen LogP contribution in [0, 0.1) is 0 Å². The summed E-state index contributed by atoms with van der Waals surface area (Å²) in [6.45, 7) is 2.92. The number of nitrogens with zero attached hydrogens (tertiary/aromatic N) is 3. The van der Waals surface area contributed by atoms with Crippen LogP contribution in [-0.4, -0.2) is 14.8 Å². The second-order valence-corrected chi connectivity index (χ2v) is 3.52. The Morgan fingerprint density at radius 1 is 1.54 bits per heavy atom. The summed E-state index contributed by atoms with van der Waals surface area (Å²) in [4.78, 5) is 4.15. The van der Waals surface area contributed by atoms with E-state index in [9.17, 15) is 0 Å². The van der Waals surface area contributed by atoms with Gasteiger partial charge in [-0.25, -0.2) is 4.98 Å². The van der Waals surface area contributed by atoms with Gasteiger partial charge in [0.1, 0.15) is 11.4 Å². The van der Waals surface area contributed by atoms with Gasteiger partial charge in [-0.05, 0) is 13.0 Å². The predicted molar refractivity (Wildman–Crippen MR) is 53.4 cm³/mol. The van der Waals surface area contributed by atoms with Gasteiger partial charge in [0.25, 0.3) is 0 Å². The normalized spacial score (nSPS) is 10.5. The minimum Gasteiger partial charge on any atom is -0.375 e. The molecule has 2 aromatic heterocycles. The van der Waals surface area contributed by atoms with Crippen molar-refractivity contribution in [1.82, 2.24) is 14.8 Å². The first-order valence-corrected chi connectivity index (χ1v) is 4.92. The number of aromatic nitrogens is 3. The molecule has 2 N–H and O–H groups in total. The summed E-state index contributed by atoms with van der Waals surface area (Å²) >= 11 is 1.43. The Balaban J connectivity index is 2.35. The van der Waals surface area contributed by atoms with E-state index in [-0.39, 0.29) is 0 Å². The first kappa shape index (κ1) is 8.25. The van der Waals surface area contributed by atoms with Crippen molar-refractivity contribution in [1.29, 1.82) is 0 Å². The van der Waals surface area contributed by atoms with E-state index in [4.69, 9.17) is 5.73 Å². The molecule has 2 aromatic rings. The largest absolute Gasteiger partial charge is 0.375 e. The zero-order valence-electron chi connectivity index (χ0n) is 7.27.